The van der Waals surface area contributed by atoms with E-state index in [2.05, 4.69) is 36.4 Å². The van der Waals surface area contributed by atoms with Gasteiger partial charge in [-0.15, -0.1) is 0 Å². The Hall–Kier alpha value is -2.56. The maximum absolute atomic E-state index is 9.51. The SMILES string of the molecule is COc1ccc(C2CCC(Oc3ccc4cc([C@@](C)(N)CO)ccc4c3)CC2)cc1. The van der Waals surface area contributed by atoms with Crippen LogP contribution in [0, 0.1) is 0 Å². The Morgan fingerprint density at radius 1 is 0.900 bits per heavy atom. The van der Waals surface area contributed by atoms with E-state index < -0.39 is 5.54 Å². The van der Waals surface area contributed by atoms with Crippen molar-refractivity contribution < 1.29 is 14.6 Å². The summed E-state index contributed by atoms with van der Waals surface area (Å²) in [5.41, 5.74) is 7.77. The molecule has 0 bridgehead atoms. The van der Waals surface area contributed by atoms with Crippen LogP contribution in [0.15, 0.2) is 60.7 Å². The van der Waals surface area contributed by atoms with Gasteiger partial charge in [-0.2, -0.15) is 0 Å². The molecule has 1 fully saturated rings. The zero-order chi connectivity index (χ0) is 21.1. The molecule has 0 saturated heterocycles. The molecule has 3 N–H and O–H groups in total. The molecular formula is C26H31NO3. The number of hydrogen-bond acceptors (Lipinski definition) is 4. The van der Waals surface area contributed by atoms with Crippen LogP contribution in [0.1, 0.15) is 49.7 Å². The van der Waals surface area contributed by atoms with E-state index in [9.17, 15) is 5.11 Å². The van der Waals surface area contributed by atoms with Crippen molar-refractivity contribution >= 4 is 10.8 Å². The fourth-order valence-electron chi connectivity index (χ4n) is 4.33. The van der Waals surface area contributed by atoms with Gasteiger partial charge >= 0.3 is 0 Å². The van der Waals surface area contributed by atoms with E-state index in [1.807, 2.05) is 31.2 Å². The van der Waals surface area contributed by atoms with Crippen LogP contribution in [0.25, 0.3) is 10.8 Å². The molecule has 1 saturated carbocycles. The lowest BCUT2D eigenvalue weighted by Gasteiger charge is -2.29. The molecule has 0 heterocycles. The van der Waals surface area contributed by atoms with Crippen LogP contribution in [0.3, 0.4) is 0 Å². The van der Waals surface area contributed by atoms with Crippen molar-refractivity contribution in [3.05, 3.63) is 71.8 Å². The average molecular weight is 406 g/mol. The minimum atomic E-state index is -0.730. The Kier molecular flexibility index (Phi) is 5.98. The number of aliphatic hydroxyl groups excluding tert-OH is 1. The molecule has 0 aliphatic heterocycles. The van der Waals surface area contributed by atoms with Crippen molar-refractivity contribution in [2.24, 2.45) is 5.73 Å². The van der Waals surface area contributed by atoms with E-state index >= 15 is 0 Å². The molecule has 3 aromatic rings. The number of rotatable bonds is 6. The van der Waals surface area contributed by atoms with Gasteiger partial charge < -0.3 is 20.3 Å². The van der Waals surface area contributed by atoms with Gasteiger partial charge in [0, 0.05) is 0 Å². The van der Waals surface area contributed by atoms with Gasteiger partial charge in [-0.05, 0) is 90.8 Å². The molecule has 1 aliphatic rings. The molecule has 4 rings (SSSR count). The molecule has 0 amide bonds. The van der Waals surface area contributed by atoms with Crippen molar-refractivity contribution in [2.75, 3.05) is 13.7 Å². The molecular weight excluding hydrogens is 374 g/mol. The number of aliphatic hydroxyl groups is 1. The van der Waals surface area contributed by atoms with Gasteiger partial charge in [0.25, 0.3) is 0 Å². The van der Waals surface area contributed by atoms with E-state index in [0.29, 0.717) is 5.92 Å². The van der Waals surface area contributed by atoms with Gasteiger partial charge in [-0.1, -0.05) is 30.3 Å². The third-order valence-electron chi connectivity index (χ3n) is 6.36. The lowest BCUT2D eigenvalue weighted by molar-refractivity contribution is 0.146. The predicted octanol–water partition coefficient (Wildman–Crippen LogP) is 5.12. The van der Waals surface area contributed by atoms with Crippen molar-refractivity contribution in [1.29, 1.82) is 0 Å². The summed E-state index contributed by atoms with van der Waals surface area (Å²) >= 11 is 0. The number of ether oxygens (including phenoxy) is 2. The predicted molar refractivity (Wildman–Crippen MR) is 121 cm³/mol. The maximum Gasteiger partial charge on any atom is 0.120 e. The minimum absolute atomic E-state index is 0.0844. The van der Waals surface area contributed by atoms with Crippen molar-refractivity contribution in [2.45, 2.75) is 50.2 Å². The largest absolute Gasteiger partial charge is 0.497 e. The van der Waals surface area contributed by atoms with Gasteiger partial charge in [-0.25, -0.2) is 0 Å². The third kappa shape index (κ3) is 4.45. The first-order valence-corrected chi connectivity index (χ1v) is 10.7. The van der Waals surface area contributed by atoms with E-state index in [4.69, 9.17) is 15.2 Å². The van der Waals surface area contributed by atoms with Crippen LogP contribution in [-0.4, -0.2) is 24.9 Å². The first-order valence-electron chi connectivity index (χ1n) is 10.7. The van der Waals surface area contributed by atoms with Gasteiger partial charge in [0.2, 0.25) is 0 Å². The molecule has 1 aliphatic carbocycles. The second-order valence-electron chi connectivity index (χ2n) is 8.66. The number of hydrogen-bond donors (Lipinski definition) is 2. The van der Waals surface area contributed by atoms with Crippen LogP contribution >= 0.6 is 0 Å². The molecule has 0 radical (unpaired) electrons. The highest BCUT2D eigenvalue weighted by atomic mass is 16.5. The van der Waals surface area contributed by atoms with Gasteiger partial charge in [0.05, 0.1) is 25.4 Å². The summed E-state index contributed by atoms with van der Waals surface area (Å²) in [5.74, 6) is 2.43. The quantitative estimate of drug-likeness (QED) is 0.597. The van der Waals surface area contributed by atoms with Gasteiger partial charge in [0.15, 0.2) is 0 Å². The summed E-state index contributed by atoms with van der Waals surface area (Å²) in [4.78, 5) is 0. The number of benzene rings is 3. The molecule has 0 unspecified atom stereocenters. The first kappa shape index (κ1) is 20.7. The Labute approximate surface area is 178 Å². The minimum Gasteiger partial charge on any atom is -0.497 e. The first-order chi connectivity index (χ1) is 14.5. The summed E-state index contributed by atoms with van der Waals surface area (Å²) in [6, 6.07) is 20.8. The lowest BCUT2D eigenvalue weighted by atomic mass is 9.82. The van der Waals surface area contributed by atoms with E-state index in [0.717, 1.165) is 53.5 Å². The lowest BCUT2D eigenvalue weighted by Crippen LogP contribution is -2.36. The molecule has 1 atom stereocenters. The Balaban J connectivity index is 1.39. The highest BCUT2D eigenvalue weighted by Crippen LogP contribution is 2.35. The summed E-state index contributed by atoms with van der Waals surface area (Å²) in [6.45, 7) is 1.76. The zero-order valence-electron chi connectivity index (χ0n) is 17.8. The smallest absolute Gasteiger partial charge is 0.120 e. The van der Waals surface area contributed by atoms with Gasteiger partial charge in [0.1, 0.15) is 11.5 Å². The van der Waals surface area contributed by atoms with Crippen LogP contribution in [-0.2, 0) is 5.54 Å². The molecule has 4 nitrogen and oxygen atoms in total. The van der Waals surface area contributed by atoms with Crippen LogP contribution in [0.5, 0.6) is 11.5 Å². The molecule has 158 valence electrons. The second-order valence-corrected chi connectivity index (χ2v) is 8.66. The molecule has 3 aromatic carbocycles. The van der Waals surface area contributed by atoms with E-state index in [1.54, 1.807) is 7.11 Å². The highest BCUT2D eigenvalue weighted by molar-refractivity contribution is 5.84. The summed E-state index contributed by atoms with van der Waals surface area (Å²) in [7, 11) is 1.70. The normalized spacial score (nSPS) is 21.2. The van der Waals surface area contributed by atoms with E-state index in [-0.39, 0.29) is 12.7 Å². The topological polar surface area (TPSA) is 64.7 Å². The third-order valence-corrected chi connectivity index (χ3v) is 6.36. The van der Waals surface area contributed by atoms with Crippen LogP contribution in [0.2, 0.25) is 0 Å². The summed E-state index contributed by atoms with van der Waals surface area (Å²) in [5, 5.41) is 11.7. The van der Waals surface area contributed by atoms with Crippen LogP contribution in [0.4, 0.5) is 0 Å². The highest BCUT2D eigenvalue weighted by Gasteiger charge is 2.24. The Morgan fingerprint density at radius 3 is 2.20 bits per heavy atom. The maximum atomic E-state index is 9.51. The molecule has 0 aromatic heterocycles. The van der Waals surface area contributed by atoms with Crippen molar-refractivity contribution in [1.82, 2.24) is 0 Å². The van der Waals surface area contributed by atoms with E-state index in [1.165, 1.54) is 5.56 Å². The second kappa shape index (κ2) is 8.66. The van der Waals surface area contributed by atoms with Crippen molar-refractivity contribution in [3.8, 4) is 11.5 Å². The van der Waals surface area contributed by atoms with Crippen molar-refractivity contribution in [3.63, 3.8) is 0 Å². The molecule has 0 spiro atoms. The Morgan fingerprint density at radius 2 is 1.53 bits per heavy atom. The average Bonchev–Trinajstić information content (AvgIpc) is 2.79. The molecule has 30 heavy (non-hydrogen) atoms. The number of fused-ring (bicyclic) bond motifs is 1. The zero-order valence-corrected chi connectivity index (χ0v) is 17.8. The fraction of sp³-hybridized carbons (Fsp3) is 0.385. The standard InChI is InChI=1S/C26H31NO3/c1-26(27,17-28)22-9-3-21-16-25(14-8-20(21)15-22)30-24-12-6-19(7-13-24)18-4-10-23(29-2)11-5-18/h3-5,8-11,14-16,19,24,28H,6-7,12-13,17,27H2,1-2H3/t19?,24?,26-/m0/s1. The number of methoxy groups -OCH3 is 1. The number of nitrogens with two attached hydrogens (primary N) is 1. The fourth-order valence-corrected chi connectivity index (χ4v) is 4.33. The summed E-state index contributed by atoms with van der Waals surface area (Å²) < 4.78 is 11.6. The molecule has 4 heteroatoms. The summed E-state index contributed by atoms with van der Waals surface area (Å²) in [6.07, 6.45) is 4.68. The Bertz CT molecular complexity index is 989. The van der Waals surface area contributed by atoms with Gasteiger partial charge in [-0.3, -0.25) is 0 Å². The van der Waals surface area contributed by atoms with Crippen LogP contribution < -0.4 is 15.2 Å². The monoisotopic (exact) mass is 405 g/mol.